The van der Waals surface area contributed by atoms with Gasteiger partial charge in [-0.2, -0.15) is 13.2 Å². The van der Waals surface area contributed by atoms with E-state index < -0.39 is 85.9 Å². The number of fused-ring (bicyclic) bond motifs is 3. The molecule has 16 nitrogen and oxygen atoms in total. The molecule has 3 N–H and O–H groups in total. The molecule has 3 heterocycles. The van der Waals surface area contributed by atoms with Gasteiger partial charge in [-0.15, -0.1) is 0 Å². The first-order valence-electron chi connectivity index (χ1n) is 21.2. The number of alkyl carbamates (subject to hydrolysis) is 1. The summed E-state index contributed by atoms with van der Waals surface area (Å²) in [7, 11) is -1.17. The van der Waals surface area contributed by atoms with Gasteiger partial charge in [0.1, 0.15) is 35.2 Å². The third-order valence-corrected chi connectivity index (χ3v) is 15.0. The minimum Gasteiger partial charge on any atom is -0.497 e. The molecule has 4 fully saturated rings. The number of methoxy groups -OCH3 is 2. The highest BCUT2D eigenvalue weighted by Gasteiger charge is 2.63. The van der Waals surface area contributed by atoms with Crippen molar-refractivity contribution in [2.75, 3.05) is 27.4 Å². The van der Waals surface area contributed by atoms with Crippen LogP contribution in [-0.4, -0.2) is 115 Å². The third kappa shape index (κ3) is 9.85. The fourth-order valence-electron chi connectivity index (χ4n) is 8.44. The van der Waals surface area contributed by atoms with E-state index in [0.29, 0.717) is 81.3 Å². The molecule has 0 bridgehead atoms. The average Bonchev–Trinajstić information content (AvgIpc) is 4.07. The number of rotatable bonds is 11. The van der Waals surface area contributed by atoms with Crippen molar-refractivity contribution < 1.29 is 59.7 Å². The third-order valence-electron chi connectivity index (χ3n) is 12.9. The van der Waals surface area contributed by atoms with Crippen molar-refractivity contribution in [3.05, 3.63) is 23.9 Å². The van der Waals surface area contributed by atoms with Gasteiger partial charge in [0.25, 0.3) is 5.91 Å². The van der Waals surface area contributed by atoms with Crippen LogP contribution in [0.2, 0.25) is 0 Å². The Hall–Kier alpha value is -4.46. The molecular weight excluding hydrogens is 838 g/mol. The second-order valence-corrected chi connectivity index (χ2v) is 20.7. The lowest BCUT2D eigenvalue weighted by Gasteiger charge is -2.35. The van der Waals surface area contributed by atoms with E-state index in [1.165, 1.54) is 19.1 Å². The monoisotopic (exact) mass is 896 g/mol. The highest BCUT2D eigenvalue weighted by Crippen LogP contribution is 2.49. The summed E-state index contributed by atoms with van der Waals surface area (Å²) in [6.07, 6.45) is -3.80. The zero-order valence-corrected chi connectivity index (χ0v) is 37.3. The molecule has 1 aromatic heterocycles. The molecule has 4 amide bonds. The number of amides is 4. The van der Waals surface area contributed by atoms with Crippen LogP contribution in [0.4, 0.5) is 18.0 Å². The Morgan fingerprint density at radius 3 is 2.37 bits per heavy atom. The summed E-state index contributed by atoms with van der Waals surface area (Å²) in [4.78, 5) is 67.9. The van der Waals surface area contributed by atoms with Gasteiger partial charge in [0.15, 0.2) is 0 Å². The molecule has 2 saturated heterocycles. The summed E-state index contributed by atoms with van der Waals surface area (Å²) in [6, 6.07) is 2.29. The van der Waals surface area contributed by atoms with Crippen molar-refractivity contribution in [1.82, 2.24) is 30.2 Å². The molecule has 62 heavy (non-hydrogen) atoms. The van der Waals surface area contributed by atoms with Gasteiger partial charge in [-0.1, -0.05) is 40.0 Å². The minimum atomic E-state index is -4.94. The Kier molecular flexibility index (Phi) is 13.4. The number of sulfonamides is 1. The van der Waals surface area contributed by atoms with Gasteiger partial charge >= 0.3 is 12.3 Å². The molecule has 6 rings (SSSR count). The van der Waals surface area contributed by atoms with E-state index in [1.807, 2.05) is 20.8 Å². The lowest BCUT2D eigenvalue weighted by atomic mass is 9.86. The van der Waals surface area contributed by atoms with E-state index >= 15 is 4.79 Å². The van der Waals surface area contributed by atoms with Crippen LogP contribution in [0.1, 0.15) is 111 Å². The summed E-state index contributed by atoms with van der Waals surface area (Å²) in [6.45, 7) is 8.33. The summed E-state index contributed by atoms with van der Waals surface area (Å²) in [5.41, 5.74) is -2.99. The number of ether oxygens (including phenoxy) is 4. The van der Waals surface area contributed by atoms with Gasteiger partial charge < -0.3 is 34.5 Å². The van der Waals surface area contributed by atoms with E-state index in [0.717, 1.165) is 0 Å². The smallest absolute Gasteiger partial charge is 0.427 e. The fourth-order valence-corrected chi connectivity index (χ4v) is 9.76. The van der Waals surface area contributed by atoms with Crippen LogP contribution < -0.4 is 24.8 Å². The average molecular weight is 897 g/mol. The van der Waals surface area contributed by atoms with Crippen molar-refractivity contribution in [3.63, 3.8) is 0 Å². The van der Waals surface area contributed by atoms with Gasteiger partial charge in [-0.25, -0.2) is 23.2 Å². The Labute approximate surface area is 360 Å². The van der Waals surface area contributed by atoms with Gasteiger partial charge in [0.05, 0.1) is 36.0 Å². The normalized spacial score (nSPS) is 28.2. The fraction of sp³-hybridized carbons (Fsp3) is 0.714. The Bertz CT molecular complexity index is 2150. The zero-order chi connectivity index (χ0) is 45.6. The Balaban J connectivity index is 1.39. The van der Waals surface area contributed by atoms with Crippen molar-refractivity contribution in [3.8, 4) is 11.6 Å². The number of nitrogens with one attached hydrogen (secondary N) is 3. The number of alkyl halides is 3. The Morgan fingerprint density at radius 1 is 1.05 bits per heavy atom. The number of halogens is 3. The maximum absolute atomic E-state index is 15.1. The quantitative estimate of drug-likeness (QED) is 0.264. The molecule has 0 unspecified atom stereocenters. The van der Waals surface area contributed by atoms with Gasteiger partial charge in [0, 0.05) is 31.4 Å². The molecule has 4 aliphatic rings. The summed E-state index contributed by atoms with van der Waals surface area (Å²) < 4.78 is 91.6. The predicted molar refractivity (Wildman–Crippen MR) is 220 cm³/mol. The Morgan fingerprint density at radius 2 is 1.74 bits per heavy atom. The number of aromatic nitrogens is 2. The van der Waals surface area contributed by atoms with Crippen LogP contribution in [0.25, 0.3) is 11.0 Å². The summed E-state index contributed by atoms with van der Waals surface area (Å²) >= 11 is 0. The molecule has 2 saturated carbocycles. The van der Waals surface area contributed by atoms with Crippen molar-refractivity contribution in [1.29, 1.82) is 0 Å². The second-order valence-electron chi connectivity index (χ2n) is 18.5. The number of hydrogen-bond acceptors (Lipinski definition) is 12. The van der Waals surface area contributed by atoms with E-state index in [-0.39, 0.29) is 43.7 Å². The molecule has 0 spiro atoms. The number of nitrogens with zero attached hydrogens (tertiary/aromatic N) is 3. The van der Waals surface area contributed by atoms with Crippen LogP contribution >= 0.6 is 0 Å². The van der Waals surface area contributed by atoms with E-state index in [4.69, 9.17) is 28.9 Å². The van der Waals surface area contributed by atoms with Crippen LogP contribution in [0, 0.1) is 17.8 Å². The van der Waals surface area contributed by atoms with E-state index in [2.05, 4.69) is 15.4 Å². The molecule has 20 heteroatoms. The lowest BCUT2D eigenvalue weighted by Crippen LogP contribution is -2.60. The van der Waals surface area contributed by atoms with Crippen molar-refractivity contribution in [2.24, 2.45) is 17.8 Å². The maximum Gasteiger partial charge on any atom is 0.427 e. The molecule has 0 radical (unpaired) electrons. The van der Waals surface area contributed by atoms with Crippen molar-refractivity contribution >= 4 is 44.9 Å². The van der Waals surface area contributed by atoms with Gasteiger partial charge in [0.2, 0.25) is 33.3 Å². The first kappa shape index (κ1) is 47.0. The molecule has 7 atom stereocenters. The second kappa shape index (κ2) is 17.6. The molecule has 2 aliphatic carbocycles. The standard InChI is InChI=1S/C42H59F3N6O10S/c1-23(2)32-35(47-30-18-27(59-8)13-14-29(30)46-32)60-28-19-31-34(52)49-41(37(54)50-62(56,57)40(6)15-16-40)20-26(41)12-10-9-11-24(3)17-25(22-58-7)33(36(53)51(31)21-28)48-38(55)61-39(4,5)42(43,44)45/h13-14,18,23-26,28,31,33H,9-12,15-17,19-22H2,1-8H3,(H,48,55)(H,49,52)(H,50,54)/t24-,25+,26-,28-,31+,33+,41-/m1/s1. The highest BCUT2D eigenvalue weighted by molar-refractivity contribution is 7.91. The largest absolute Gasteiger partial charge is 0.497 e. The number of benzene rings is 1. The van der Waals surface area contributed by atoms with Crippen LogP contribution in [0.5, 0.6) is 11.6 Å². The van der Waals surface area contributed by atoms with E-state index in [9.17, 15) is 36.0 Å². The number of carbonyl (C=O) groups is 4. The van der Waals surface area contributed by atoms with Crippen LogP contribution in [0.3, 0.4) is 0 Å². The SMILES string of the molecule is COC[C@@H]1C[C@H](C)CCCC[C@@H]2C[C@@]2(C(=O)NS(=O)(=O)C2(C)CC2)NC(=O)[C@@H]2C[C@@H](Oc3nc4cc(OC)ccc4nc3C(C)C)CN2C(=O)[C@H]1NC(=O)OC(C)(C)C(F)(F)F. The number of hydrogen-bond donors (Lipinski definition) is 3. The first-order valence-corrected chi connectivity index (χ1v) is 22.7. The molecule has 1 aromatic carbocycles. The summed E-state index contributed by atoms with van der Waals surface area (Å²) in [5, 5.41) is 5.26. The predicted octanol–water partition coefficient (Wildman–Crippen LogP) is 5.28. The molecular formula is C42H59F3N6O10S. The molecule has 344 valence electrons. The topological polar surface area (TPSA) is 204 Å². The van der Waals surface area contributed by atoms with Crippen LogP contribution in [0.15, 0.2) is 18.2 Å². The lowest BCUT2D eigenvalue weighted by molar-refractivity contribution is -0.244. The van der Waals surface area contributed by atoms with Crippen molar-refractivity contribution in [2.45, 2.75) is 145 Å². The summed E-state index contributed by atoms with van der Waals surface area (Å²) in [5.74, 6) is -3.23. The maximum atomic E-state index is 15.1. The van der Waals surface area contributed by atoms with Crippen LogP contribution in [-0.2, 0) is 33.9 Å². The minimum absolute atomic E-state index is 0.0681. The zero-order valence-electron chi connectivity index (χ0n) is 36.5. The molecule has 2 aliphatic heterocycles. The highest BCUT2D eigenvalue weighted by atomic mass is 32.2. The molecule has 2 aromatic rings. The number of carbonyl (C=O) groups excluding carboxylic acids is 4. The first-order chi connectivity index (χ1) is 28.9. The van der Waals surface area contributed by atoms with Gasteiger partial charge in [-0.3, -0.25) is 19.1 Å². The van der Waals surface area contributed by atoms with Gasteiger partial charge in [-0.05, 0) is 76.8 Å². The van der Waals surface area contributed by atoms with E-state index in [1.54, 1.807) is 25.1 Å².